The molecule has 2 aromatic rings. The van der Waals surface area contributed by atoms with Crippen LogP contribution in [0, 0.1) is 5.82 Å². The molecule has 6 nitrogen and oxygen atoms in total. The first kappa shape index (κ1) is 14.5. The first-order valence-corrected chi connectivity index (χ1v) is 6.25. The fourth-order valence-electron chi connectivity index (χ4n) is 1.47. The molecule has 0 aromatic carbocycles. The second-order valence-electron chi connectivity index (χ2n) is 5.06. The minimum absolute atomic E-state index is 0.0583. The van der Waals surface area contributed by atoms with Crippen molar-refractivity contribution in [2.45, 2.75) is 32.4 Å². The average molecular weight is 280 g/mol. The van der Waals surface area contributed by atoms with Gasteiger partial charge in [0.1, 0.15) is 17.1 Å². The molecule has 0 saturated heterocycles. The van der Waals surface area contributed by atoms with Gasteiger partial charge in [-0.1, -0.05) is 5.16 Å². The summed E-state index contributed by atoms with van der Waals surface area (Å²) in [6.07, 6.45) is 1.14. The number of pyridine rings is 1. The molecule has 0 aliphatic carbocycles. The molecule has 0 aliphatic heterocycles. The lowest BCUT2D eigenvalue weighted by atomic mass is 10.1. The van der Waals surface area contributed by atoms with Gasteiger partial charge in [-0.05, 0) is 32.9 Å². The van der Waals surface area contributed by atoms with Crippen molar-refractivity contribution in [1.82, 2.24) is 15.1 Å². The van der Waals surface area contributed by atoms with E-state index in [1.807, 2.05) is 13.8 Å². The summed E-state index contributed by atoms with van der Waals surface area (Å²) in [5.41, 5.74) is 5.64. The third-order valence-electron chi connectivity index (χ3n) is 2.60. The van der Waals surface area contributed by atoms with Gasteiger partial charge in [0.05, 0.1) is 18.9 Å². The van der Waals surface area contributed by atoms with Crippen LogP contribution in [0.1, 0.15) is 26.6 Å². The number of hydrogen-bond acceptors (Lipinski definition) is 6. The van der Waals surface area contributed by atoms with Gasteiger partial charge < -0.3 is 15.0 Å². The van der Waals surface area contributed by atoms with Gasteiger partial charge in [0, 0.05) is 0 Å². The van der Waals surface area contributed by atoms with E-state index >= 15 is 0 Å². The molecular weight excluding hydrogens is 263 g/mol. The predicted molar refractivity (Wildman–Crippen MR) is 70.1 cm³/mol. The van der Waals surface area contributed by atoms with E-state index in [-0.39, 0.29) is 18.6 Å². The Morgan fingerprint density at radius 3 is 2.80 bits per heavy atom. The van der Waals surface area contributed by atoms with Crippen molar-refractivity contribution in [2.75, 3.05) is 6.61 Å². The summed E-state index contributed by atoms with van der Waals surface area (Å²) in [7, 11) is 0. The smallest absolute Gasteiger partial charge is 0.276 e. The van der Waals surface area contributed by atoms with E-state index in [1.54, 1.807) is 6.92 Å². The molecule has 7 heteroatoms. The van der Waals surface area contributed by atoms with Crippen molar-refractivity contribution >= 4 is 0 Å². The number of nitrogens with two attached hydrogens (primary N) is 1. The Labute approximate surface area is 116 Å². The van der Waals surface area contributed by atoms with E-state index in [2.05, 4.69) is 15.1 Å². The molecule has 0 saturated carbocycles. The van der Waals surface area contributed by atoms with E-state index in [4.69, 9.17) is 15.0 Å². The van der Waals surface area contributed by atoms with Crippen LogP contribution in [0.5, 0.6) is 0 Å². The number of rotatable bonds is 5. The van der Waals surface area contributed by atoms with E-state index in [1.165, 1.54) is 12.1 Å². The van der Waals surface area contributed by atoms with Gasteiger partial charge in [-0.25, -0.2) is 9.37 Å². The topological polar surface area (TPSA) is 87.1 Å². The molecule has 0 aliphatic rings. The van der Waals surface area contributed by atoms with E-state index < -0.39 is 11.4 Å². The monoisotopic (exact) mass is 280 g/mol. The minimum atomic E-state index is -0.869. The predicted octanol–water partition coefficient (Wildman–Crippen LogP) is 1.87. The Hall–Kier alpha value is -1.86. The SMILES string of the molecule is CC(C)OCC(C)(N)c1noc(-c2ccc(F)cn2)n1. The highest BCUT2D eigenvalue weighted by Crippen LogP contribution is 2.20. The largest absolute Gasteiger partial charge is 0.376 e. The van der Waals surface area contributed by atoms with Gasteiger partial charge in [0.15, 0.2) is 5.82 Å². The highest BCUT2D eigenvalue weighted by atomic mass is 19.1. The van der Waals surface area contributed by atoms with Crippen molar-refractivity contribution in [3.8, 4) is 11.6 Å². The molecule has 20 heavy (non-hydrogen) atoms. The van der Waals surface area contributed by atoms with Crippen LogP contribution < -0.4 is 5.73 Å². The molecule has 1 unspecified atom stereocenters. The second-order valence-corrected chi connectivity index (χ2v) is 5.06. The minimum Gasteiger partial charge on any atom is -0.376 e. The van der Waals surface area contributed by atoms with Gasteiger partial charge in [0.2, 0.25) is 0 Å². The molecule has 2 heterocycles. The molecule has 2 aromatic heterocycles. The number of ether oxygens (including phenoxy) is 1. The van der Waals surface area contributed by atoms with Crippen LogP contribution >= 0.6 is 0 Å². The lowest BCUT2D eigenvalue weighted by Gasteiger charge is -2.21. The Morgan fingerprint density at radius 2 is 2.20 bits per heavy atom. The van der Waals surface area contributed by atoms with Gasteiger partial charge in [-0.3, -0.25) is 0 Å². The van der Waals surface area contributed by atoms with Crippen LogP contribution in [-0.4, -0.2) is 27.8 Å². The second kappa shape index (κ2) is 5.64. The highest BCUT2D eigenvalue weighted by Gasteiger charge is 2.28. The summed E-state index contributed by atoms with van der Waals surface area (Å²) < 4.78 is 23.4. The van der Waals surface area contributed by atoms with Crippen LogP contribution in [0.2, 0.25) is 0 Å². The zero-order valence-electron chi connectivity index (χ0n) is 11.6. The third-order valence-corrected chi connectivity index (χ3v) is 2.60. The molecule has 0 fully saturated rings. The van der Waals surface area contributed by atoms with Gasteiger partial charge in [-0.15, -0.1) is 0 Å². The maximum atomic E-state index is 12.8. The Morgan fingerprint density at radius 1 is 1.45 bits per heavy atom. The third kappa shape index (κ3) is 3.37. The van der Waals surface area contributed by atoms with E-state index in [0.29, 0.717) is 11.5 Å². The normalized spacial score (nSPS) is 14.5. The Kier molecular flexibility index (Phi) is 4.10. The van der Waals surface area contributed by atoms with Crippen molar-refractivity contribution < 1.29 is 13.7 Å². The van der Waals surface area contributed by atoms with Gasteiger partial charge in [0.25, 0.3) is 5.89 Å². The first-order chi connectivity index (χ1) is 9.38. The summed E-state index contributed by atoms with van der Waals surface area (Å²) in [6, 6.07) is 2.74. The quantitative estimate of drug-likeness (QED) is 0.899. The number of hydrogen-bond donors (Lipinski definition) is 1. The van der Waals surface area contributed by atoms with Crippen molar-refractivity contribution in [2.24, 2.45) is 5.73 Å². The van der Waals surface area contributed by atoms with Crippen molar-refractivity contribution in [1.29, 1.82) is 0 Å². The highest BCUT2D eigenvalue weighted by molar-refractivity contribution is 5.45. The van der Waals surface area contributed by atoms with Crippen LogP contribution in [0.25, 0.3) is 11.6 Å². The number of aromatic nitrogens is 3. The molecule has 2 N–H and O–H groups in total. The Bertz CT molecular complexity index is 566. The van der Waals surface area contributed by atoms with Crippen molar-refractivity contribution in [3.63, 3.8) is 0 Å². The maximum Gasteiger partial charge on any atom is 0.276 e. The molecule has 108 valence electrons. The maximum absolute atomic E-state index is 12.8. The molecular formula is C13H17FN4O2. The zero-order valence-corrected chi connectivity index (χ0v) is 11.6. The lowest BCUT2D eigenvalue weighted by molar-refractivity contribution is 0.0410. The first-order valence-electron chi connectivity index (χ1n) is 6.25. The summed E-state index contributed by atoms with van der Waals surface area (Å²) >= 11 is 0. The average Bonchev–Trinajstić information content (AvgIpc) is 2.88. The fourth-order valence-corrected chi connectivity index (χ4v) is 1.47. The lowest BCUT2D eigenvalue weighted by Crippen LogP contribution is -2.40. The summed E-state index contributed by atoms with van der Waals surface area (Å²) in [5.74, 6) is 0.0861. The van der Waals surface area contributed by atoms with Crippen LogP contribution in [-0.2, 0) is 10.3 Å². The number of nitrogens with zero attached hydrogens (tertiary/aromatic N) is 3. The summed E-state index contributed by atoms with van der Waals surface area (Å²) in [5, 5.41) is 3.84. The zero-order chi connectivity index (χ0) is 14.8. The van der Waals surface area contributed by atoms with Crippen LogP contribution in [0.4, 0.5) is 4.39 Å². The summed E-state index contributed by atoms with van der Waals surface area (Å²) in [6.45, 7) is 5.85. The molecule has 0 bridgehead atoms. The standard InChI is InChI=1S/C13H17FN4O2/c1-8(2)19-7-13(3,15)12-17-11(20-18-12)10-5-4-9(14)6-16-10/h4-6,8H,7,15H2,1-3H3. The van der Waals surface area contributed by atoms with Crippen LogP contribution in [0.15, 0.2) is 22.9 Å². The van der Waals surface area contributed by atoms with Crippen molar-refractivity contribution in [3.05, 3.63) is 30.0 Å². The molecule has 2 rings (SSSR count). The fraction of sp³-hybridized carbons (Fsp3) is 0.462. The molecule has 0 spiro atoms. The van der Waals surface area contributed by atoms with E-state index in [9.17, 15) is 4.39 Å². The number of halogens is 1. The molecule has 0 amide bonds. The summed E-state index contributed by atoms with van der Waals surface area (Å²) in [4.78, 5) is 8.07. The van der Waals surface area contributed by atoms with Gasteiger partial charge >= 0.3 is 0 Å². The Balaban J connectivity index is 2.17. The van der Waals surface area contributed by atoms with Crippen LogP contribution in [0.3, 0.4) is 0 Å². The van der Waals surface area contributed by atoms with E-state index in [0.717, 1.165) is 6.20 Å². The molecule has 0 radical (unpaired) electrons. The van der Waals surface area contributed by atoms with Gasteiger partial charge in [-0.2, -0.15) is 4.98 Å². The molecule has 1 atom stereocenters.